The van der Waals surface area contributed by atoms with Crippen molar-refractivity contribution in [1.29, 1.82) is 0 Å². The third-order valence-electron chi connectivity index (χ3n) is 3.78. The zero-order valence-corrected chi connectivity index (χ0v) is 14.0. The number of fused-ring (bicyclic) bond motifs is 1. The highest BCUT2D eigenvalue weighted by atomic mass is 32.2. The smallest absolute Gasteiger partial charge is 0.230 e. The van der Waals surface area contributed by atoms with Gasteiger partial charge in [-0.05, 0) is 23.3 Å². The third kappa shape index (κ3) is 3.56. The first kappa shape index (κ1) is 15.6. The molecule has 5 heteroatoms. The number of aromatic nitrogens is 2. The van der Waals surface area contributed by atoms with E-state index in [-0.39, 0.29) is 11.9 Å². The van der Waals surface area contributed by atoms with Crippen LogP contribution in [0.2, 0.25) is 0 Å². The van der Waals surface area contributed by atoms with Crippen molar-refractivity contribution in [1.82, 2.24) is 14.9 Å². The largest absolute Gasteiger partial charge is 0.349 e. The Hall–Kier alpha value is -2.27. The molecule has 0 aliphatic heterocycles. The van der Waals surface area contributed by atoms with Crippen molar-refractivity contribution in [3.05, 3.63) is 60.4 Å². The van der Waals surface area contributed by atoms with E-state index in [1.807, 2.05) is 42.9 Å². The highest BCUT2D eigenvalue weighted by Crippen LogP contribution is 2.24. The average molecular weight is 325 g/mol. The SMILES string of the molecule is C[C@@H](NC(=O)CSc1nccn1C)c1cccc2ccccc12. The number of carbonyl (C=O) groups is 1. The van der Waals surface area contributed by atoms with Crippen molar-refractivity contribution < 1.29 is 4.79 Å². The minimum absolute atomic E-state index is 0.0124. The van der Waals surface area contributed by atoms with Gasteiger partial charge in [0.15, 0.2) is 5.16 Å². The van der Waals surface area contributed by atoms with Crippen molar-refractivity contribution in [2.75, 3.05) is 5.75 Å². The fourth-order valence-electron chi connectivity index (χ4n) is 2.61. The van der Waals surface area contributed by atoms with Crippen LogP contribution < -0.4 is 5.32 Å². The van der Waals surface area contributed by atoms with Crippen molar-refractivity contribution in [2.24, 2.45) is 7.05 Å². The van der Waals surface area contributed by atoms with Crippen LogP contribution in [0, 0.1) is 0 Å². The van der Waals surface area contributed by atoms with Crippen molar-refractivity contribution in [3.63, 3.8) is 0 Å². The number of nitrogens with one attached hydrogen (secondary N) is 1. The van der Waals surface area contributed by atoms with Gasteiger partial charge in [-0.15, -0.1) is 0 Å². The summed E-state index contributed by atoms with van der Waals surface area (Å²) < 4.78 is 1.91. The molecular weight excluding hydrogens is 306 g/mol. The molecule has 0 spiro atoms. The Morgan fingerprint density at radius 3 is 2.83 bits per heavy atom. The summed E-state index contributed by atoms with van der Waals surface area (Å²) >= 11 is 1.44. The molecule has 3 aromatic rings. The van der Waals surface area contributed by atoms with Crippen LogP contribution in [0.1, 0.15) is 18.5 Å². The van der Waals surface area contributed by atoms with E-state index in [0.717, 1.165) is 10.7 Å². The first-order valence-corrected chi connectivity index (χ1v) is 8.51. The summed E-state index contributed by atoms with van der Waals surface area (Å²) in [6.45, 7) is 2.02. The highest BCUT2D eigenvalue weighted by molar-refractivity contribution is 7.99. The fraction of sp³-hybridized carbons (Fsp3) is 0.222. The molecule has 1 atom stereocenters. The topological polar surface area (TPSA) is 46.9 Å². The Labute approximate surface area is 139 Å². The lowest BCUT2D eigenvalue weighted by Crippen LogP contribution is -2.28. The first-order chi connectivity index (χ1) is 11.1. The predicted octanol–water partition coefficient (Wildman–Crippen LogP) is 3.54. The molecule has 0 unspecified atom stereocenters. The Kier molecular flexibility index (Phi) is 4.67. The fourth-order valence-corrected chi connectivity index (χ4v) is 3.35. The number of nitrogens with zero attached hydrogens (tertiary/aromatic N) is 2. The van der Waals surface area contributed by atoms with Gasteiger partial charge in [-0.1, -0.05) is 54.2 Å². The number of thioether (sulfide) groups is 1. The van der Waals surface area contributed by atoms with Crippen LogP contribution in [0.3, 0.4) is 0 Å². The number of hydrogen-bond acceptors (Lipinski definition) is 3. The van der Waals surface area contributed by atoms with Crippen LogP contribution in [0.4, 0.5) is 0 Å². The Bertz CT molecular complexity index is 823. The van der Waals surface area contributed by atoms with E-state index < -0.39 is 0 Å². The third-order valence-corrected chi connectivity index (χ3v) is 4.83. The number of hydrogen-bond donors (Lipinski definition) is 1. The summed E-state index contributed by atoms with van der Waals surface area (Å²) in [4.78, 5) is 16.4. The molecule has 0 saturated heterocycles. The van der Waals surface area contributed by atoms with E-state index in [2.05, 4.69) is 34.6 Å². The van der Waals surface area contributed by atoms with Crippen molar-refractivity contribution in [2.45, 2.75) is 18.1 Å². The van der Waals surface area contributed by atoms with Gasteiger partial charge in [-0.25, -0.2) is 4.98 Å². The zero-order valence-electron chi connectivity index (χ0n) is 13.2. The van der Waals surface area contributed by atoms with Crippen molar-refractivity contribution >= 4 is 28.4 Å². The predicted molar refractivity (Wildman–Crippen MR) is 94.4 cm³/mol. The summed E-state index contributed by atoms with van der Waals surface area (Å²) in [7, 11) is 1.92. The molecule has 1 amide bonds. The molecule has 3 rings (SSSR count). The zero-order chi connectivity index (χ0) is 16.2. The summed E-state index contributed by atoms with van der Waals surface area (Å²) in [6.07, 6.45) is 3.61. The monoisotopic (exact) mass is 325 g/mol. The molecule has 4 nitrogen and oxygen atoms in total. The molecule has 0 bridgehead atoms. The second kappa shape index (κ2) is 6.87. The van der Waals surface area contributed by atoms with Gasteiger partial charge >= 0.3 is 0 Å². The maximum atomic E-state index is 12.2. The van der Waals surface area contributed by atoms with Gasteiger partial charge in [0.1, 0.15) is 0 Å². The Morgan fingerprint density at radius 1 is 1.26 bits per heavy atom. The van der Waals surface area contributed by atoms with E-state index >= 15 is 0 Å². The molecule has 0 aliphatic carbocycles. The van der Waals surface area contributed by atoms with Crippen LogP contribution >= 0.6 is 11.8 Å². The molecule has 1 aromatic heterocycles. The molecular formula is C18H19N3OS. The first-order valence-electron chi connectivity index (χ1n) is 7.52. The quantitative estimate of drug-likeness (QED) is 0.730. The van der Waals surface area contributed by atoms with Gasteiger partial charge in [-0.2, -0.15) is 0 Å². The lowest BCUT2D eigenvalue weighted by Gasteiger charge is -2.16. The summed E-state index contributed by atoms with van der Waals surface area (Å²) in [5.74, 6) is 0.374. The summed E-state index contributed by atoms with van der Waals surface area (Å²) in [5, 5.41) is 6.29. The van der Waals surface area contributed by atoms with Crippen molar-refractivity contribution in [3.8, 4) is 0 Å². The van der Waals surface area contributed by atoms with Gasteiger partial charge in [0, 0.05) is 19.4 Å². The molecule has 0 fully saturated rings. The number of imidazole rings is 1. The summed E-state index contributed by atoms with van der Waals surface area (Å²) in [5.41, 5.74) is 1.14. The van der Waals surface area contributed by atoms with Gasteiger partial charge in [0.2, 0.25) is 5.91 Å². The number of amides is 1. The Morgan fingerprint density at radius 2 is 2.04 bits per heavy atom. The lowest BCUT2D eigenvalue weighted by atomic mass is 10.00. The number of aryl methyl sites for hydroxylation is 1. The van der Waals surface area contributed by atoms with Gasteiger partial charge in [0.05, 0.1) is 11.8 Å². The van der Waals surface area contributed by atoms with E-state index in [1.54, 1.807) is 6.20 Å². The second-order valence-corrected chi connectivity index (χ2v) is 6.41. The van der Waals surface area contributed by atoms with Crippen LogP contribution in [0.25, 0.3) is 10.8 Å². The van der Waals surface area contributed by atoms with Crippen LogP contribution in [0.5, 0.6) is 0 Å². The molecule has 1 N–H and O–H groups in total. The van der Waals surface area contributed by atoms with Gasteiger partial charge in [0.25, 0.3) is 0 Å². The standard InChI is InChI=1S/C18H19N3OS/c1-13(15-9-5-7-14-6-3-4-8-16(14)15)20-17(22)12-23-18-19-10-11-21(18)2/h3-11,13H,12H2,1-2H3,(H,20,22)/t13-/m1/s1. The van der Waals surface area contributed by atoms with Crippen LogP contribution in [-0.2, 0) is 11.8 Å². The second-order valence-electron chi connectivity index (χ2n) is 5.47. The molecule has 0 aliphatic rings. The normalized spacial score (nSPS) is 12.3. The number of benzene rings is 2. The van der Waals surface area contributed by atoms with Gasteiger partial charge in [-0.3, -0.25) is 4.79 Å². The number of carbonyl (C=O) groups excluding carboxylic acids is 1. The van der Waals surface area contributed by atoms with E-state index in [9.17, 15) is 4.79 Å². The van der Waals surface area contributed by atoms with E-state index in [4.69, 9.17) is 0 Å². The Balaban J connectivity index is 1.67. The highest BCUT2D eigenvalue weighted by Gasteiger charge is 2.13. The molecule has 1 heterocycles. The molecule has 118 valence electrons. The molecule has 2 aromatic carbocycles. The minimum atomic E-state index is -0.0319. The summed E-state index contributed by atoms with van der Waals surface area (Å²) in [6, 6.07) is 14.4. The average Bonchev–Trinajstić information content (AvgIpc) is 2.97. The van der Waals surface area contributed by atoms with Crippen LogP contribution in [0.15, 0.2) is 60.0 Å². The maximum absolute atomic E-state index is 12.2. The van der Waals surface area contributed by atoms with E-state index in [1.165, 1.54) is 22.5 Å². The maximum Gasteiger partial charge on any atom is 0.230 e. The number of rotatable bonds is 5. The molecule has 0 radical (unpaired) electrons. The van der Waals surface area contributed by atoms with Gasteiger partial charge < -0.3 is 9.88 Å². The molecule has 23 heavy (non-hydrogen) atoms. The van der Waals surface area contributed by atoms with E-state index in [0.29, 0.717) is 5.75 Å². The lowest BCUT2D eigenvalue weighted by molar-refractivity contribution is -0.119. The molecule has 0 saturated carbocycles. The van der Waals surface area contributed by atoms with Crippen LogP contribution in [-0.4, -0.2) is 21.2 Å². The minimum Gasteiger partial charge on any atom is -0.349 e.